The maximum Gasteiger partial charge on any atom is 0.435 e. The van der Waals surface area contributed by atoms with Crippen molar-refractivity contribution < 1.29 is 19.2 Å². The first-order valence-corrected chi connectivity index (χ1v) is 8.82. The zero-order valence-electron chi connectivity index (χ0n) is 15.4. The highest BCUT2D eigenvalue weighted by molar-refractivity contribution is 7.81. The van der Waals surface area contributed by atoms with E-state index in [0.29, 0.717) is 24.4 Å². The number of hydrogen-bond acceptors (Lipinski definition) is 6. The van der Waals surface area contributed by atoms with Gasteiger partial charge in [0.15, 0.2) is 0 Å². The number of rotatable bonds is 4. The third-order valence-corrected chi connectivity index (χ3v) is 4.56. The molecule has 0 bridgehead atoms. The van der Waals surface area contributed by atoms with Crippen LogP contribution in [0.1, 0.15) is 18.9 Å². The molecule has 10 heteroatoms. The number of nitrogens with zero attached hydrogens (tertiary/aromatic N) is 4. The summed E-state index contributed by atoms with van der Waals surface area (Å²) >= 11 is 4.44. The summed E-state index contributed by atoms with van der Waals surface area (Å²) in [5, 5.41) is 10.6. The van der Waals surface area contributed by atoms with Crippen LogP contribution in [0, 0.1) is 10.1 Å². The van der Waals surface area contributed by atoms with Gasteiger partial charge in [-0.05, 0) is 31.0 Å². The van der Waals surface area contributed by atoms with Gasteiger partial charge < -0.3 is 14.5 Å². The van der Waals surface area contributed by atoms with E-state index >= 15 is 0 Å². The lowest BCUT2D eigenvalue weighted by Gasteiger charge is -2.27. The maximum absolute atomic E-state index is 12.3. The second-order valence-corrected chi connectivity index (χ2v) is 7.16. The maximum atomic E-state index is 12.3. The topological polar surface area (TPSA) is 105 Å². The molecule has 1 fully saturated rings. The van der Waals surface area contributed by atoms with E-state index in [-0.39, 0.29) is 23.5 Å². The standard InChI is InChI=1S/C17H22N4O5S/c1-11(20-9-14(27)8-15(20)16(22)19(2)3)18-17(23)26-10-12-4-6-13(7-5-12)21(24)25/h4-7,14-15,27H,8-10H2,1-3H3/t14-,15-/m0/s1. The number of non-ortho nitro benzene ring substituents is 1. The van der Waals surface area contributed by atoms with Crippen molar-refractivity contribution in [3.8, 4) is 0 Å². The van der Waals surface area contributed by atoms with E-state index in [0.717, 1.165) is 0 Å². The summed E-state index contributed by atoms with van der Waals surface area (Å²) < 4.78 is 5.09. The van der Waals surface area contributed by atoms with Gasteiger partial charge >= 0.3 is 6.09 Å². The van der Waals surface area contributed by atoms with Crippen molar-refractivity contribution in [1.29, 1.82) is 0 Å². The third kappa shape index (κ3) is 5.43. The minimum absolute atomic E-state index is 0.0141. The lowest BCUT2D eigenvalue weighted by Crippen LogP contribution is -2.44. The lowest BCUT2D eigenvalue weighted by molar-refractivity contribution is -0.384. The molecule has 0 aliphatic carbocycles. The van der Waals surface area contributed by atoms with Gasteiger partial charge in [-0.25, -0.2) is 4.79 Å². The fourth-order valence-electron chi connectivity index (χ4n) is 2.79. The van der Waals surface area contributed by atoms with Gasteiger partial charge in [0, 0.05) is 38.0 Å². The number of carbonyl (C=O) groups is 2. The van der Waals surface area contributed by atoms with Crippen molar-refractivity contribution in [2.45, 2.75) is 31.2 Å². The molecule has 2 rings (SSSR count). The Balaban J connectivity index is 1.98. The molecule has 0 spiro atoms. The SMILES string of the molecule is CC(=NC(=O)OCc1ccc([N+](=O)[O-])cc1)N1C[C@@H](S)C[C@H]1C(=O)N(C)C. The molecule has 2 atom stereocenters. The zero-order valence-corrected chi connectivity index (χ0v) is 16.3. The lowest BCUT2D eigenvalue weighted by atomic mass is 10.2. The predicted octanol–water partition coefficient (Wildman–Crippen LogP) is 2.11. The van der Waals surface area contributed by atoms with Gasteiger partial charge in [0.25, 0.3) is 5.69 Å². The molecular weight excluding hydrogens is 372 g/mol. The smallest absolute Gasteiger partial charge is 0.435 e. The van der Waals surface area contributed by atoms with Gasteiger partial charge in [0.05, 0.1) is 4.92 Å². The zero-order chi connectivity index (χ0) is 20.1. The highest BCUT2D eigenvalue weighted by atomic mass is 32.1. The molecule has 1 aromatic rings. The number of benzene rings is 1. The van der Waals surface area contributed by atoms with Crippen LogP contribution in [0.3, 0.4) is 0 Å². The summed E-state index contributed by atoms with van der Waals surface area (Å²) in [5.74, 6) is 0.320. The molecule has 146 valence electrons. The van der Waals surface area contributed by atoms with Crippen molar-refractivity contribution in [3.05, 3.63) is 39.9 Å². The van der Waals surface area contributed by atoms with E-state index < -0.39 is 17.1 Å². The molecule has 0 aromatic heterocycles. The van der Waals surface area contributed by atoms with Crippen LogP contribution in [0.25, 0.3) is 0 Å². The molecule has 0 saturated carbocycles. The van der Waals surface area contributed by atoms with Gasteiger partial charge in [-0.3, -0.25) is 14.9 Å². The normalized spacial score (nSPS) is 19.7. The Morgan fingerprint density at radius 3 is 2.56 bits per heavy atom. The molecule has 27 heavy (non-hydrogen) atoms. The molecule has 0 unspecified atom stereocenters. The van der Waals surface area contributed by atoms with Gasteiger partial charge in [-0.1, -0.05) is 0 Å². The molecular formula is C17H22N4O5S. The van der Waals surface area contributed by atoms with E-state index in [2.05, 4.69) is 17.6 Å². The van der Waals surface area contributed by atoms with Crippen LogP contribution >= 0.6 is 12.6 Å². The highest BCUT2D eigenvalue weighted by Crippen LogP contribution is 2.23. The van der Waals surface area contributed by atoms with E-state index in [4.69, 9.17) is 4.74 Å². The predicted molar refractivity (Wildman–Crippen MR) is 103 cm³/mol. The van der Waals surface area contributed by atoms with Crippen molar-refractivity contribution in [1.82, 2.24) is 9.80 Å². The molecule has 9 nitrogen and oxygen atoms in total. The van der Waals surface area contributed by atoms with E-state index in [1.165, 1.54) is 29.2 Å². The number of thiol groups is 1. The number of nitro benzene ring substituents is 1. The van der Waals surface area contributed by atoms with Crippen LogP contribution in [0.15, 0.2) is 29.3 Å². The van der Waals surface area contributed by atoms with E-state index in [1.807, 2.05) is 0 Å². The molecule has 0 N–H and O–H groups in total. The first-order chi connectivity index (χ1) is 12.7. The van der Waals surface area contributed by atoms with Crippen LogP contribution in [-0.2, 0) is 16.1 Å². The Labute approximate surface area is 162 Å². The molecule has 1 aromatic carbocycles. The van der Waals surface area contributed by atoms with E-state index in [9.17, 15) is 19.7 Å². The van der Waals surface area contributed by atoms with Crippen molar-refractivity contribution in [2.24, 2.45) is 4.99 Å². The quantitative estimate of drug-likeness (QED) is 0.276. The minimum atomic E-state index is -0.787. The molecule has 1 heterocycles. The number of amides is 2. The number of ether oxygens (including phenoxy) is 1. The summed E-state index contributed by atoms with van der Waals surface area (Å²) in [6.45, 7) is 2.11. The monoisotopic (exact) mass is 394 g/mol. The Morgan fingerprint density at radius 1 is 1.37 bits per heavy atom. The molecule has 2 amide bonds. The van der Waals surface area contributed by atoms with Crippen molar-refractivity contribution in [3.63, 3.8) is 0 Å². The first-order valence-electron chi connectivity index (χ1n) is 8.30. The second-order valence-electron chi connectivity index (χ2n) is 6.43. The molecule has 0 radical (unpaired) electrons. The number of likely N-dealkylation sites (N-methyl/N-ethyl adjacent to an activating group) is 1. The van der Waals surface area contributed by atoms with Crippen LogP contribution < -0.4 is 0 Å². The van der Waals surface area contributed by atoms with Gasteiger partial charge in [0.2, 0.25) is 5.91 Å². The van der Waals surface area contributed by atoms with Crippen LogP contribution in [0.4, 0.5) is 10.5 Å². The van der Waals surface area contributed by atoms with Gasteiger partial charge in [-0.15, -0.1) is 0 Å². The fraction of sp³-hybridized carbons (Fsp3) is 0.471. The number of likely N-dealkylation sites (tertiary alicyclic amines) is 1. The van der Waals surface area contributed by atoms with Crippen molar-refractivity contribution >= 4 is 36.2 Å². The summed E-state index contributed by atoms with van der Waals surface area (Å²) in [4.78, 5) is 41.6. The summed E-state index contributed by atoms with van der Waals surface area (Å²) in [6, 6.07) is 5.30. The number of amidine groups is 1. The summed E-state index contributed by atoms with van der Waals surface area (Å²) in [7, 11) is 3.36. The molecule has 1 saturated heterocycles. The average Bonchev–Trinajstić information content (AvgIpc) is 3.01. The minimum Gasteiger partial charge on any atom is -0.443 e. The van der Waals surface area contributed by atoms with Gasteiger partial charge in [-0.2, -0.15) is 17.6 Å². The average molecular weight is 394 g/mol. The molecule has 1 aliphatic rings. The Kier molecular flexibility index (Phi) is 6.78. The Hall–Kier alpha value is -2.62. The number of hydrogen-bond donors (Lipinski definition) is 1. The molecule has 1 aliphatic heterocycles. The van der Waals surface area contributed by atoms with Crippen LogP contribution in [0.5, 0.6) is 0 Å². The van der Waals surface area contributed by atoms with Crippen LogP contribution in [0.2, 0.25) is 0 Å². The Morgan fingerprint density at radius 2 is 2.00 bits per heavy atom. The van der Waals surface area contributed by atoms with E-state index in [1.54, 1.807) is 25.9 Å². The van der Waals surface area contributed by atoms with Gasteiger partial charge in [0.1, 0.15) is 18.5 Å². The van der Waals surface area contributed by atoms with Crippen molar-refractivity contribution in [2.75, 3.05) is 20.6 Å². The summed E-state index contributed by atoms with van der Waals surface area (Å²) in [6.07, 6.45) is -0.213. The summed E-state index contributed by atoms with van der Waals surface area (Å²) in [5.41, 5.74) is 0.574. The fourth-order valence-corrected chi connectivity index (χ4v) is 3.17. The number of aliphatic imine (C=N–C) groups is 1. The second kappa shape index (κ2) is 8.85. The number of carbonyl (C=O) groups excluding carboxylic acids is 2. The highest BCUT2D eigenvalue weighted by Gasteiger charge is 2.37. The first kappa shape index (κ1) is 20.7. The third-order valence-electron chi connectivity index (χ3n) is 4.18. The largest absolute Gasteiger partial charge is 0.443 e. The number of nitro groups is 1. The van der Waals surface area contributed by atoms with Crippen LogP contribution in [-0.4, -0.2) is 64.5 Å². The Bertz CT molecular complexity index is 750.